The minimum absolute atomic E-state index is 0.306. The molecule has 0 saturated heterocycles. The third-order valence-corrected chi connectivity index (χ3v) is 6.66. The number of hydrogen-bond acceptors (Lipinski definition) is 6. The fourth-order valence-corrected chi connectivity index (χ4v) is 4.69. The van der Waals surface area contributed by atoms with Gasteiger partial charge in [0.1, 0.15) is 0 Å². The average Bonchev–Trinajstić information content (AvgIpc) is 3.63. The van der Waals surface area contributed by atoms with Crippen molar-refractivity contribution < 1.29 is 0 Å². The van der Waals surface area contributed by atoms with Crippen LogP contribution in [-0.4, -0.2) is 37.4 Å². The van der Waals surface area contributed by atoms with Gasteiger partial charge in [-0.25, -0.2) is 28.7 Å². The quantitative estimate of drug-likeness (QED) is 0.303. The van der Waals surface area contributed by atoms with Crippen LogP contribution >= 0.6 is 0 Å². The van der Waals surface area contributed by atoms with Crippen molar-refractivity contribution in [3.05, 3.63) is 115 Å². The van der Waals surface area contributed by atoms with Crippen molar-refractivity contribution in [2.75, 3.05) is 0 Å². The van der Waals surface area contributed by atoms with Crippen LogP contribution in [0.2, 0.25) is 0 Å². The van der Waals surface area contributed by atoms with Gasteiger partial charge in [0, 0.05) is 27.2 Å². The van der Waals surface area contributed by atoms with Crippen molar-refractivity contribution in [2.24, 2.45) is 14.1 Å². The summed E-state index contributed by atoms with van der Waals surface area (Å²) in [6, 6.07) is 18.4. The van der Waals surface area contributed by atoms with Crippen LogP contribution in [0.5, 0.6) is 0 Å². The first-order chi connectivity index (χ1) is 21.3. The molecule has 0 atom stereocenters. The Morgan fingerprint density at radius 1 is 0.545 bits per heavy atom. The van der Waals surface area contributed by atoms with Crippen LogP contribution in [-0.2, 0) is 27.2 Å². The Labute approximate surface area is 254 Å². The molecule has 12 heteroatoms. The zero-order valence-corrected chi connectivity index (χ0v) is 26.6. The van der Waals surface area contributed by atoms with Gasteiger partial charge in [-0.3, -0.25) is 18.7 Å². The lowest BCUT2D eigenvalue weighted by Crippen LogP contribution is -2.39. The van der Waals surface area contributed by atoms with Gasteiger partial charge in [0.15, 0.2) is 22.3 Å². The van der Waals surface area contributed by atoms with E-state index in [4.69, 9.17) is 0 Å². The van der Waals surface area contributed by atoms with Crippen molar-refractivity contribution in [1.29, 1.82) is 0 Å². The Morgan fingerprint density at radius 3 is 1.16 bits per heavy atom. The lowest BCUT2D eigenvalue weighted by Gasteiger charge is -2.10. The smallest absolute Gasteiger partial charge is 0.328 e. The van der Waals surface area contributed by atoms with Crippen LogP contribution in [0.4, 0.5) is 0 Å². The van der Waals surface area contributed by atoms with Gasteiger partial charge in [-0.2, -0.15) is 0 Å². The van der Waals surface area contributed by atoms with Crippen LogP contribution in [0, 0.1) is 0 Å². The summed E-state index contributed by atoms with van der Waals surface area (Å²) >= 11 is 0. The van der Waals surface area contributed by atoms with Crippen LogP contribution in [0.1, 0.15) is 41.5 Å². The summed E-state index contributed by atoms with van der Waals surface area (Å²) in [6.45, 7) is 12.2. The number of fused-ring (bicyclic) bond motifs is 2. The molecular formula is C32H40N8O4. The largest absolute Gasteiger partial charge is 0.337 e. The zero-order chi connectivity index (χ0) is 32.6. The maximum atomic E-state index is 12.5. The predicted molar refractivity (Wildman–Crippen MR) is 175 cm³/mol. The van der Waals surface area contributed by atoms with Crippen LogP contribution in [0.25, 0.3) is 33.7 Å². The van der Waals surface area contributed by atoms with Gasteiger partial charge in [-0.15, -0.1) is 0 Å². The van der Waals surface area contributed by atoms with Gasteiger partial charge in [0.05, 0.1) is 24.0 Å². The second kappa shape index (κ2) is 14.8. The van der Waals surface area contributed by atoms with Crippen molar-refractivity contribution in [2.45, 2.75) is 54.6 Å². The van der Waals surface area contributed by atoms with E-state index < -0.39 is 0 Å². The molecule has 0 bridgehead atoms. The molecule has 6 rings (SSSR count). The van der Waals surface area contributed by atoms with E-state index in [9.17, 15) is 19.2 Å². The molecule has 232 valence electrons. The summed E-state index contributed by atoms with van der Waals surface area (Å²) in [4.78, 5) is 58.1. The van der Waals surface area contributed by atoms with E-state index >= 15 is 0 Å². The molecular weight excluding hydrogens is 560 g/mol. The highest BCUT2D eigenvalue weighted by molar-refractivity contribution is 5.73. The number of imidazole rings is 2. The third-order valence-electron chi connectivity index (χ3n) is 6.66. The zero-order valence-electron chi connectivity index (χ0n) is 26.6. The van der Waals surface area contributed by atoms with E-state index in [1.165, 1.54) is 18.3 Å². The van der Waals surface area contributed by atoms with E-state index in [1.807, 2.05) is 88.4 Å². The van der Waals surface area contributed by atoms with Crippen molar-refractivity contribution >= 4 is 22.3 Å². The SMILES string of the molecule is CC.CC.CCn1c(=O)c2c(ncn2C)n(-c2ccccc2)c1=O.CCn1c(=O)c2c(ncn2C)n(-c2ccccc2)c1=O. The number of rotatable bonds is 4. The second-order valence-corrected chi connectivity index (χ2v) is 9.06. The van der Waals surface area contributed by atoms with Gasteiger partial charge < -0.3 is 9.13 Å². The lowest BCUT2D eigenvalue weighted by atomic mass is 10.3. The monoisotopic (exact) mass is 600 g/mol. The molecule has 0 radical (unpaired) electrons. The summed E-state index contributed by atoms with van der Waals surface area (Å²) in [7, 11) is 3.49. The molecule has 4 aromatic heterocycles. The first kappa shape index (κ1) is 33.2. The number of nitrogens with zero attached hydrogens (tertiary/aromatic N) is 8. The third kappa shape index (κ3) is 5.96. The number of para-hydroxylation sites is 2. The highest BCUT2D eigenvalue weighted by Crippen LogP contribution is 2.13. The van der Waals surface area contributed by atoms with Crippen LogP contribution in [0.15, 0.2) is 92.5 Å². The predicted octanol–water partition coefficient (Wildman–Crippen LogP) is 3.86. The molecule has 0 aliphatic carbocycles. The molecule has 0 aliphatic heterocycles. The minimum Gasteiger partial charge on any atom is -0.328 e. The maximum Gasteiger partial charge on any atom is 0.337 e. The highest BCUT2D eigenvalue weighted by atomic mass is 16.2. The summed E-state index contributed by atoms with van der Waals surface area (Å²) in [5, 5.41) is 0. The standard InChI is InChI=1S/2C14H14N4O2.2C2H6/c2*1-3-17-13(19)11-12(15-9-16(11)2)18(14(17)20)10-7-5-4-6-8-10;2*1-2/h2*4-9H,3H2,1-2H3;2*1-2H3. The molecule has 0 fully saturated rings. The Morgan fingerprint density at radius 2 is 0.864 bits per heavy atom. The van der Waals surface area contributed by atoms with Crippen LogP contribution < -0.4 is 22.5 Å². The first-order valence-corrected chi connectivity index (χ1v) is 14.7. The Bertz CT molecular complexity index is 1930. The molecule has 0 amide bonds. The normalized spacial score (nSPS) is 10.4. The molecule has 0 aliphatic rings. The van der Waals surface area contributed by atoms with Gasteiger partial charge in [0.2, 0.25) is 0 Å². The molecule has 2 aromatic carbocycles. The number of benzene rings is 2. The van der Waals surface area contributed by atoms with Gasteiger partial charge in [0.25, 0.3) is 11.1 Å². The number of aryl methyl sites for hydroxylation is 2. The lowest BCUT2D eigenvalue weighted by molar-refractivity contribution is 0.657. The molecule has 4 heterocycles. The van der Waals surface area contributed by atoms with E-state index in [2.05, 4.69) is 9.97 Å². The maximum absolute atomic E-state index is 12.5. The molecule has 0 spiro atoms. The molecule has 0 saturated carbocycles. The summed E-state index contributed by atoms with van der Waals surface area (Å²) in [5.41, 5.74) is 1.68. The summed E-state index contributed by atoms with van der Waals surface area (Å²) in [6.07, 6.45) is 3.09. The topological polar surface area (TPSA) is 124 Å². The molecule has 0 N–H and O–H groups in total. The number of hydrogen-bond donors (Lipinski definition) is 0. The van der Waals surface area contributed by atoms with E-state index in [0.717, 1.165) is 0 Å². The van der Waals surface area contributed by atoms with Gasteiger partial charge in [-0.05, 0) is 38.1 Å². The first-order valence-electron chi connectivity index (χ1n) is 14.7. The van der Waals surface area contributed by atoms with Crippen molar-refractivity contribution in [1.82, 2.24) is 37.4 Å². The summed E-state index contributed by atoms with van der Waals surface area (Å²) < 4.78 is 8.67. The highest BCUT2D eigenvalue weighted by Gasteiger charge is 2.18. The Hall–Kier alpha value is -5.26. The Balaban J connectivity index is 0.000000216. The van der Waals surface area contributed by atoms with Crippen LogP contribution in [0.3, 0.4) is 0 Å². The van der Waals surface area contributed by atoms with Crippen molar-refractivity contribution in [3.8, 4) is 11.4 Å². The molecule has 12 nitrogen and oxygen atoms in total. The average molecular weight is 601 g/mol. The minimum atomic E-state index is -0.366. The van der Waals surface area contributed by atoms with Crippen molar-refractivity contribution in [3.63, 3.8) is 0 Å². The Kier molecular flexibility index (Phi) is 11.2. The van der Waals surface area contributed by atoms with E-state index in [-0.39, 0.29) is 22.5 Å². The van der Waals surface area contributed by atoms with Gasteiger partial charge >= 0.3 is 11.4 Å². The molecule has 6 aromatic rings. The fraction of sp³-hybridized carbons (Fsp3) is 0.312. The molecule has 0 unspecified atom stereocenters. The van der Waals surface area contributed by atoms with Gasteiger partial charge in [-0.1, -0.05) is 64.1 Å². The molecule has 44 heavy (non-hydrogen) atoms. The van der Waals surface area contributed by atoms with E-state index in [1.54, 1.807) is 49.7 Å². The fourth-order valence-electron chi connectivity index (χ4n) is 4.69. The number of aromatic nitrogens is 8. The second-order valence-electron chi connectivity index (χ2n) is 9.06. The van der Waals surface area contributed by atoms with E-state index in [0.29, 0.717) is 46.8 Å². The summed E-state index contributed by atoms with van der Waals surface area (Å²) in [5.74, 6) is 0.